The lowest BCUT2D eigenvalue weighted by Gasteiger charge is -2.06. The van der Waals surface area contributed by atoms with Crippen LogP contribution >= 0.6 is 0 Å². The summed E-state index contributed by atoms with van der Waals surface area (Å²) in [6, 6.07) is 12.6. The number of carbonyl (C=O) groups excluding carboxylic acids is 1. The van der Waals surface area contributed by atoms with E-state index in [9.17, 15) is 4.79 Å². The molecule has 3 N–H and O–H groups in total. The number of amides is 1. The van der Waals surface area contributed by atoms with Gasteiger partial charge in [-0.3, -0.25) is 4.79 Å². The molecule has 0 atom stereocenters. The number of H-pyrrole nitrogens is 2. The first-order valence-corrected chi connectivity index (χ1v) is 6.88. The quantitative estimate of drug-likeness (QED) is 0.536. The summed E-state index contributed by atoms with van der Waals surface area (Å²) in [5.41, 5.74) is 3.60. The van der Waals surface area contributed by atoms with Gasteiger partial charge < -0.3 is 10.3 Å². The van der Waals surface area contributed by atoms with Gasteiger partial charge in [-0.05, 0) is 35.5 Å². The number of nitrogens with zero attached hydrogens (tertiary/aromatic N) is 4. The van der Waals surface area contributed by atoms with Crippen LogP contribution in [0.25, 0.3) is 22.4 Å². The number of anilines is 1. The second-order valence-electron chi connectivity index (χ2n) is 4.90. The van der Waals surface area contributed by atoms with Crippen LogP contribution < -0.4 is 5.32 Å². The Hall–Kier alpha value is -3.55. The highest BCUT2D eigenvalue weighted by molar-refractivity contribution is 6.06. The van der Waals surface area contributed by atoms with Crippen LogP contribution in [-0.2, 0) is 0 Å². The number of tetrazole rings is 1. The van der Waals surface area contributed by atoms with Gasteiger partial charge in [-0.15, -0.1) is 10.2 Å². The second kappa shape index (κ2) is 5.34. The molecule has 1 amide bonds. The summed E-state index contributed by atoms with van der Waals surface area (Å²) in [4.78, 5) is 19.5. The third-order valence-corrected chi connectivity index (χ3v) is 3.41. The van der Waals surface area contributed by atoms with Gasteiger partial charge in [0.2, 0.25) is 5.82 Å². The van der Waals surface area contributed by atoms with Crippen molar-refractivity contribution in [3.63, 3.8) is 0 Å². The Morgan fingerprint density at radius 1 is 1.13 bits per heavy atom. The van der Waals surface area contributed by atoms with E-state index in [1.54, 1.807) is 36.7 Å². The number of aromatic amines is 2. The average molecular weight is 305 g/mol. The third-order valence-electron chi connectivity index (χ3n) is 3.41. The molecule has 23 heavy (non-hydrogen) atoms. The second-order valence-corrected chi connectivity index (χ2v) is 4.90. The molecule has 4 rings (SSSR count). The molecule has 0 unspecified atom stereocenters. The lowest BCUT2D eigenvalue weighted by molar-refractivity contribution is 0.102. The van der Waals surface area contributed by atoms with Crippen LogP contribution in [0.4, 0.5) is 5.69 Å². The van der Waals surface area contributed by atoms with Crippen molar-refractivity contribution in [1.29, 1.82) is 0 Å². The summed E-state index contributed by atoms with van der Waals surface area (Å²) in [6.07, 6.45) is 1.60. The molecule has 0 bridgehead atoms. The number of carbonyl (C=O) groups is 1. The Balaban J connectivity index is 1.59. The Labute approximate surface area is 130 Å². The molecule has 8 heteroatoms. The smallest absolute Gasteiger partial charge is 0.255 e. The van der Waals surface area contributed by atoms with Crippen LogP contribution in [0.5, 0.6) is 0 Å². The fraction of sp³-hybridized carbons (Fsp3) is 0. The molecule has 0 fully saturated rings. The van der Waals surface area contributed by atoms with Crippen molar-refractivity contribution in [3.8, 4) is 11.4 Å². The standard InChI is InChI=1S/C15H11N7O/c23-15(10-4-5-12-13(7-10)17-8-16-12)18-11-3-1-2-9(6-11)14-19-21-22-20-14/h1-8H,(H,16,17)(H,18,23)(H,19,20,21,22). The number of aromatic nitrogens is 6. The molecular weight excluding hydrogens is 294 g/mol. The molecule has 0 aliphatic rings. The van der Waals surface area contributed by atoms with E-state index in [-0.39, 0.29) is 5.91 Å². The summed E-state index contributed by atoms with van der Waals surface area (Å²) in [5.74, 6) is 0.270. The molecule has 8 nitrogen and oxygen atoms in total. The van der Waals surface area contributed by atoms with Crippen molar-refractivity contribution in [2.75, 3.05) is 5.32 Å². The van der Waals surface area contributed by atoms with Gasteiger partial charge in [-0.2, -0.15) is 5.21 Å². The Bertz CT molecular complexity index is 974. The largest absolute Gasteiger partial charge is 0.345 e. The summed E-state index contributed by atoms with van der Waals surface area (Å²) in [6.45, 7) is 0. The maximum atomic E-state index is 12.4. The van der Waals surface area contributed by atoms with Crippen molar-refractivity contribution in [2.24, 2.45) is 0 Å². The fourth-order valence-corrected chi connectivity index (χ4v) is 2.30. The van der Waals surface area contributed by atoms with E-state index in [1.807, 2.05) is 12.1 Å². The van der Waals surface area contributed by atoms with Gasteiger partial charge in [0.1, 0.15) is 0 Å². The zero-order valence-corrected chi connectivity index (χ0v) is 11.8. The van der Waals surface area contributed by atoms with Gasteiger partial charge in [0.05, 0.1) is 17.4 Å². The predicted octanol–water partition coefficient (Wildman–Crippen LogP) is 2.00. The number of hydrogen-bond donors (Lipinski definition) is 3. The van der Waals surface area contributed by atoms with Crippen molar-refractivity contribution in [2.45, 2.75) is 0 Å². The summed E-state index contributed by atoms with van der Waals surface area (Å²) in [5, 5.41) is 16.6. The first kappa shape index (κ1) is 13.1. The zero-order chi connectivity index (χ0) is 15.6. The van der Waals surface area contributed by atoms with Crippen LogP contribution in [0, 0.1) is 0 Å². The normalized spacial score (nSPS) is 10.8. The molecule has 112 valence electrons. The molecule has 4 aromatic rings. The van der Waals surface area contributed by atoms with Crippen molar-refractivity contribution < 1.29 is 4.79 Å². The van der Waals surface area contributed by atoms with E-state index < -0.39 is 0 Å². The van der Waals surface area contributed by atoms with E-state index in [0.29, 0.717) is 17.1 Å². The minimum absolute atomic E-state index is 0.202. The number of fused-ring (bicyclic) bond motifs is 1. The zero-order valence-electron chi connectivity index (χ0n) is 11.8. The molecule has 0 aliphatic carbocycles. The van der Waals surface area contributed by atoms with Crippen molar-refractivity contribution >= 4 is 22.6 Å². The van der Waals surface area contributed by atoms with Gasteiger partial charge in [-0.25, -0.2) is 4.98 Å². The average Bonchev–Trinajstić information content (AvgIpc) is 3.26. The van der Waals surface area contributed by atoms with Crippen molar-refractivity contribution in [3.05, 3.63) is 54.4 Å². The highest BCUT2D eigenvalue weighted by atomic mass is 16.1. The van der Waals surface area contributed by atoms with Gasteiger partial charge >= 0.3 is 0 Å². The van der Waals surface area contributed by atoms with E-state index in [4.69, 9.17) is 0 Å². The molecule has 0 aliphatic heterocycles. The maximum Gasteiger partial charge on any atom is 0.255 e. The third kappa shape index (κ3) is 2.53. The van der Waals surface area contributed by atoms with Gasteiger partial charge in [-0.1, -0.05) is 12.1 Å². The highest BCUT2D eigenvalue weighted by Gasteiger charge is 2.09. The van der Waals surface area contributed by atoms with Crippen LogP contribution in [0.15, 0.2) is 48.8 Å². The van der Waals surface area contributed by atoms with E-state index >= 15 is 0 Å². The lowest BCUT2D eigenvalue weighted by atomic mass is 10.1. The number of benzene rings is 2. The van der Waals surface area contributed by atoms with Gasteiger partial charge in [0, 0.05) is 16.8 Å². The number of imidazole rings is 1. The van der Waals surface area contributed by atoms with E-state index in [0.717, 1.165) is 16.6 Å². The number of nitrogens with one attached hydrogen (secondary N) is 3. The molecule has 0 saturated carbocycles. The molecular formula is C15H11N7O. The Morgan fingerprint density at radius 3 is 2.96 bits per heavy atom. The predicted molar refractivity (Wildman–Crippen MR) is 83.7 cm³/mol. The van der Waals surface area contributed by atoms with Crippen LogP contribution in [0.1, 0.15) is 10.4 Å². The van der Waals surface area contributed by atoms with Gasteiger partial charge in [0.25, 0.3) is 5.91 Å². The molecule has 0 radical (unpaired) electrons. The van der Waals surface area contributed by atoms with E-state index in [1.165, 1.54) is 0 Å². The SMILES string of the molecule is O=C(Nc1cccc(-c2nn[nH]n2)c1)c1ccc2nc[nH]c2c1. The summed E-state index contributed by atoms with van der Waals surface area (Å²) in [7, 11) is 0. The van der Waals surface area contributed by atoms with E-state index in [2.05, 4.69) is 35.9 Å². The van der Waals surface area contributed by atoms with Crippen LogP contribution in [-0.4, -0.2) is 36.5 Å². The Morgan fingerprint density at radius 2 is 2.09 bits per heavy atom. The maximum absolute atomic E-state index is 12.4. The van der Waals surface area contributed by atoms with Gasteiger partial charge in [0.15, 0.2) is 0 Å². The molecule has 0 spiro atoms. The summed E-state index contributed by atoms with van der Waals surface area (Å²) < 4.78 is 0. The number of rotatable bonds is 3. The minimum atomic E-state index is -0.202. The lowest BCUT2D eigenvalue weighted by Crippen LogP contribution is -2.11. The Kier molecular flexibility index (Phi) is 3.05. The first-order chi connectivity index (χ1) is 11.3. The monoisotopic (exact) mass is 305 g/mol. The highest BCUT2D eigenvalue weighted by Crippen LogP contribution is 2.19. The van der Waals surface area contributed by atoms with Crippen LogP contribution in [0.3, 0.4) is 0 Å². The molecule has 0 saturated heterocycles. The molecule has 2 aromatic carbocycles. The molecule has 2 aromatic heterocycles. The van der Waals surface area contributed by atoms with Crippen LogP contribution in [0.2, 0.25) is 0 Å². The van der Waals surface area contributed by atoms with Crippen molar-refractivity contribution in [1.82, 2.24) is 30.6 Å². The fourth-order valence-electron chi connectivity index (χ4n) is 2.30. The topological polar surface area (TPSA) is 112 Å². The number of hydrogen-bond acceptors (Lipinski definition) is 5. The summed E-state index contributed by atoms with van der Waals surface area (Å²) >= 11 is 0. The first-order valence-electron chi connectivity index (χ1n) is 6.88. The minimum Gasteiger partial charge on any atom is -0.345 e. The molecule has 2 heterocycles.